The number of amides is 1. The number of hydrogen-bond donors (Lipinski definition) is 1. The van der Waals surface area contributed by atoms with Crippen molar-refractivity contribution in [2.24, 2.45) is 5.41 Å². The molecule has 2 heteroatoms. The Morgan fingerprint density at radius 3 is 1.86 bits per heavy atom. The summed E-state index contributed by atoms with van der Waals surface area (Å²) in [5, 5.41) is 3.32. The van der Waals surface area contributed by atoms with Crippen molar-refractivity contribution in [3.05, 3.63) is 99.6 Å². The molecule has 1 amide bonds. The third kappa shape index (κ3) is 2.58. The van der Waals surface area contributed by atoms with E-state index in [9.17, 15) is 4.79 Å². The van der Waals surface area contributed by atoms with Gasteiger partial charge in [-0.1, -0.05) is 66.2 Å². The Balaban J connectivity index is 1.61. The molecule has 6 rings (SSSR count). The summed E-state index contributed by atoms with van der Waals surface area (Å²) in [6.07, 6.45) is 0.849. The van der Waals surface area contributed by atoms with E-state index >= 15 is 0 Å². The average molecular weight is 382 g/mol. The van der Waals surface area contributed by atoms with E-state index in [0.717, 1.165) is 23.2 Å². The van der Waals surface area contributed by atoms with Gasteiger partial charge in [-0.05, 0) is 67.5 Å². The normalized spacial score (nSPS) is 24.0. The zero-order valence-electron chi connectivity index (χ0n) is 17.5. The number of carbonyl (C=O) groups excluding carboxylic acids is 1. The van der Waals surface area contributed by atoms with Gasteiger partial charge in [-0.2, -0.15) is 0 Å². The van der Waals surface area contributed by atoms with E-state index in [1.54, 1.807) is 0 Å². The van der Waals surface area contributed by atoms with Crippen molar-refractivity contribution in [3.63, 3.8) is 0 Å². The number of anilines is 1. The SMILES string of the molecule is Cc1cc(C)c(NC(=O)C2(C)CC3c4ccccc4C2c2ccccc23)c(C)c1. The molecule has 0 saturated heterocycles. The van der Waals surface area contributed by atoms with E-state index in [4.69, 9.17) is 0 Å². The largest absolute Gasteiger partial charge is 0.325 e. The molecule has 2 nitrogen and oxygen atoms in total. The van der Waals surface area contributed by atoms with E-state index in [0.29, 0.717) is 0 Å². The topological polar surface area (TPSA) is 29.1 Å². The molecule has 3 aromatic carbocycles. The lowest BCUT2D eigenvalue weighted by Gasteiger charge is -2.50. The Kier molecular flexibility index (Phi) is 3.96. The van der Waals surface area contributed by atoms with Crippen LogP contribution in [-0.2, 0) is 4.79 Å². The highest BCUT2D eigenvalue weighted by atomic mass is 16.2. The molecule has 29 heavy (non-hydrogen) atoms. The minimum Gasteiger partial charge on any atom is -0.325 e. The first kappa shape index (κ1) is 18.2. The number of fused-ring (bicyclic) bond motifs is 1. The molecule has 0 fully saturated rings. The van der Waals surface area contributed by atoms with Crippen LogP contribution in [0.4, 0.5) is 5.69 Å². The van der Waals surface area contributed by atoms with Gasteiger partial charge in [-0.25, -0.2) is 0 Å². The minimum atomic E-state index is -0.475. The molecular weight excluding hydrogens is 354 g/mol. The Hall–Kier alpha value is -2.87. The third-order valence-electron chi connectivity index (χ3n) is 7.06. The van der Waals surface area contributed by atoms with Crippen LogP contribution >= 0.6 is 0 Å². The number of hydrogen-bond acceptors (Lipinski definition) is 1. The maximum Gasteiger partial charge on any atom is 0.231 e. The summed E-state index contributed by atoms with van der Waals surface area (Å²) in [5.74, 6) is 0.501. The third-order valence-corrected chi connectivity index (χ3v) is 7.06. The lowest BCUT2D eigenvalue weighted by atomic mass is 9.52. The zero-order chi connectivity index (χ0) is 20.3. The molecule has 3 aromatic rings. The summed E-state index contributed by atoms with van der Waals surface area (Å²) in [6, 6.07) is 21.7. The number of aryl methyl sites for hydroxylation is 3. The van der Waals surface area contributed by atoms with Crippen LogP contribution in [0.5, 0.6) is 0 Å². The van der Waals surface area contributed by atoms with Gasteiger partial charge in [0, 0.05) is 17.5 Å². The van der Waals surface area contributed by atoms with E-state index in [1.165, 1.54) is 27.8 Å². The standard InChI is InChI=1S/C27H27NO/c1-16-13-17(2)25(18(3)14-16)28-26(29)27(4)15-23-19-9-5-7-11-21(19)24(27)22-12-8-6-10-20(22)23/h5-14,23-24H,15H2,1-4H3,(H,28,29). The van der Waals surface area contributed by atoms with Crippen LogP contribution in [0.2, 0.25) is 0 Å². The minimum absolute atomic E-state index is 0.0889. The number of carbonyl (C=O) groups is 1. The van der Waals surface area contributed by atoms with E-state index in [-0.39, 0.29) is 17.7 Å². The van der Waals surface area contributed by atoms with Crippen LogP contribution in [-0.4, -0.2) is 5.91 Å². The molecule has 0 heterocycles. The fourth-order valence-corrected chi connectivity index (χ4v) is 5.82. The summed E-state index contributed by atoms with van der Waals surface area (Å²) >= 11 is 0. The second kappa shape index (κ2) is 6.32. The lowest BCUT2D eigenvalue weighted by Crippen LogP contribution is -2.47. The fraction of sp³-hybridized carbons (Fsp3) is 0.296. The van der Waals surface area contributed by atoms with Crippen molar-refractivity contribution < 1.29 is 4.79 Å². The van der Waals surface area contributed by atoms with Gasteiger partial charge in [0.15, 0.2) is 0 Å². The zero-order valence-corrected chi connectivity index (χ0v) is 17.5. The first-order valence-corrected chi connectivity index (χ1v) is 10.5. The quantitative estimate of drug-likeness (QED) is 0.559. The van der Waals surface area contributed by atoms with Crippen LogP contribution in [0, 0.1) is 26.2 Å². The maximum absolute atomic E-state index is 13.8. The van der Waals surface area contributed by atoms with Gasteiger partial charge in [0.1, 0.15) is 0 Å². The first-order chi connectivity index (χ1) is 13.9. The monoisotopic (exact) mass is 381 g/mol. The average Bonchev–Trinajstić information content (AvgIpc) is 2.70. The molecule has 0 aromatic heterocycles. The second-order valence-electron chi connectivity index (χ2n) is 9.09. The van der Waals surface area contributed by atoms with Gasteiger partial charge in [0.2, 0.25) is 5.91 Å². The fourth-order valence-electron chi connectivity index (χ4n) is 5.82. The molecule has 146 valence electrons. The Morgan fingerprint density at radius 1 is 0.862 bits per heavy atom. The molecule has 1 unspecified atom stereocenters. The van der Waals surface area contributed by atoms with Gasteiger partial charge in [0.05, 0.1) is 5.41 Å². The summed E-state index contributed by atoms with van der Waals surface area (Å²) in [7, 11) is 0. The van der Waals surface area contributed by atoms with Crippen LogP contribution in [0.1, 0.15) is 64.1 Å². The van der Waals surface area contributed by atoms with Crippen molar-refractivity contribution in [2.45, 2.75) is 46.0 Å². The summed E-state index contributed by atoms with van der Waals surface area (Å²) in [4.78, 5) is 13.8. The lowest BCUT2D eigenvalue weighted by molar-refractivity contribution is -0.126. The van der Waals surface area contributed by atoms with E-state index in [2.05, 4.69) is 93.7 Å². The molecular formula is C27H27NO. The summed E-state index contributed by atoms with van der Waals surface area (Å²) in [6.45, 7) is 8.41. The molecule has 0 radical (unpaired) electrons. The Bertz CT molecular complexity index is 1070. The molecule has 0 aliphatic heterocycles. The van der Waals surface area contributed by atoms with Gasteiger partial charge >= 0.3 is 0 Å². The van der Waals surface area contributed by atoms with Crippen molar-refractivity contribution in [1.29, 1.82) is 0 Å². The Morgan fingerprint density at radius 2 is 1.34 bits per heavy atom. The molecule has 0 saturated carbocycles. The predicted octanol–water partition coefficient (Wildman–Crippen LogP) is 6.24. The smallest absolute Gasteiger partial charge is 0.231 e. The number of rotatable bonds is 2. The highest BCUT2D eigenvalue weighted by Gasteiger charge is 2.53. The van der Waals surface area contributed by atoms with E-state index < -0.39 is 5.41 Å². The van der Waals surface area contributed by atoms with Gasteiger partial charge in [-0.15, -0.1) is 0 Å². The van der Waals surface area contributed by atoms with Gasteiger partial charge < -0.3 is 5.32 Å². The summed E-state index contributed by atoms with van der Waals surface area (Å²) in [5.41, 5.74) is 9.39. The van der Waals surface area contributed by atoms with E-state index in [1.807, 2.05) is 0 Å². The number of benzene rings is 3. The van der Waals surface area contributed by atoms with Crippen LogP contribution in [0.15, 0.2) is 60.7 Å². The molecule has 3 aliphatic carbocycles. The molecule has 0 spiro atoms. The maximum atomic E-state index is 13.8. The van der Waals surface area contributed by atoms with Crippen LogP contribution < -0.4 is 5.32 Å². The van der Waals surface area contributed by atoms with Crippen molar-refractivity contribution >= 4 is 11.6 Å². The van der Waals surface area contributed by atoms with Crippen LogP contribution in [0.3, 0.4) is 0 Å². The van der Waals surface area contributed by atoms with Gasteiger partial charge in [-0.3, -0.25) is 4.79 Å². The highest BCUT2D eigenvalue weighted by molar-refractivity contribution is 5.98. The predicted molar refractivity (Wildman–Crippen MR) is 119 cm³/mol. The molecule has 3 aliphatic rings. The van der Waals surface area contributed by atoms with Crippen molar-refractivity contribution in [1.82, 2.24) is 0 Å². The second-order valence-corrected chi connectivity index (χ2v) is 9.09. The first-order valence-electron chi connectivity index (χ1n) is 10.5. The molecule has 1 N–H and O–H groups in total. The summed E-state index contributed by atoms with van der Waals surface area (Å²) < 4.78 is 0. The van der Waals surface area contributed by atoms with Crippen molar-refractivity contribution in [2.75, 3.05) is 5.32 Å². The Labute approximate surface area is 173 Å². The highest BCUT2D eigenvalue weighted by Crippen LogP contribution is 2.61. The van der Waals surface area contributed by atoms with Gasteiger partial charge in [0.25, 0.3) is 0 Å². The van der Waals surface area contributed by atoms with Crippen LogP contribution in [0.25, 0.3) is 0 Å². The molecule has 1 atom stereocenters. The molecule has 2 bridgehead atoms. The van der Waals surface area contributed by atoms with Crippen molar-refractivity contribution in [3.8, 4) is 0 Å². The number of nitrogens with one attached hydrogen (secondary N) is 1.